The Labute approximate surface area is 120 Å². The van der Waals surface area contributed by atoms with Crippen molar-refractivity contribution in [2.45, 2.75) is 32.2 Å². The second kappa shape index (κ2) is 7.35. The number of halogens is 1. The molecule has 0 bridgehead atoms. The zero-order valence-corrected chi connectivity index (χ0v) is 12.3. The first kappa shape index (κ1) is 14.9. The third kappa shape index (κ3) is 4.64. The molecule has 0 aliphatic rings. The number of nitrogens with one attached hydrogen (secondary N) is 1. The minimum Gasteiger partial charge on any atom is -0.481 e. The van der Waals surface area contributed by atoms with Crippen molar-refractivity contribution >= 4 is 34.5 Å². The third-order valence-corrected chi connectivity index (χ3v) is 3.45. The van der Waals surface area contributed by atoms with Gasteiger partial charge in [0.25, 0.3) is 5.91 Å². The van der Waals surface area contributed by atoms with Crippen LogP contribution in [0.5, 0.6) is 0 Å². The summed E-state index contributed by atoms with van der Waals surface area (Å²) in [7, 11) is 0. The monoisotopic (exact) mass is 361 g/mol. The number of benzene rings is 1. The van der Waals surface area contributed by atoms with E-state index in [0.29, 0.717) is 12.0 Å². The number of amides is 1. The Kier molecular flexibility index (Phi) is 6.11. The van der Waals surface area contributed by atoms with Gasteiger partial charge >= 0.3 is 5.97 Å². The molecule has 2 N–H and O–H groups in total. The van der Waals surface area contributed by atoms with Crippen molar-refractivity contribution in [3.8, 4) is 0 Å². The van der Waals surface area contributed by atoms with Gasteiger partial charge in [-0.2, -0.15) is 0 Å². The van der Waals surface area contributed by atoms with Crippen molar-refractivity contribution in [3.05, 3.63) is 33.4 Å². The number of rotatable bonds is 6. The van der Waals surface area contributed by atoms with Crippen LogP contribution < -0.4 is 5.32 Å². The summed E-state index contributed by atoms with van der Waals surface area (Å²) in [5, 5.41) is 11.6. The van der Waals surface area contributed by atoms with Crippen molar-refractivity contribution in [2.24, 2.45) is 0 Å². The average molecular weight is 361 g/mol. The smallest absolute Gasteiger partial charge is 0.305 e. The van der Waals surface area contributed by atoms with Gasteiger partial charge in [-0.15, -0.1) is 0 Å². The van der Waals surface area contributed by atoms with Gasteiger partial charge in [-0.25, -0.2) is 0 Å². The molecule has 1 atom stereocenters. The molecule has 18 heavy (non-hydrogen) atoms. The molecule has 1 amide bonds. The highest BCUT2D eigenvalue weighted by atomic mass is 127. The van der Waals surface area contributed by atoms with E-state index in [2.05, 4.69) is 27.9 Å². The van der Waals surface area contributed by atoms with Crippen LogP contribution in [0.3, 0.4) is 0 Å². The second-order valence-electron chi connectivity index (χ2n) is 4.04. The van der Waals surface area contributed by atoms with Crippen LogP contribution in [0.15, 0.2) is 24.3 Å². The lowest BCUT2D eigenvalue weighted by atomic mass is 10.1. The van der Waals surface area contributed by atoms with Gasteiger partial charge in [0.1, 0.15) is 0 Å². The molecule has 0 spiro atoms. The quantitative estimate of drug-likeness (QED) is 0.766. The fraction of sp³-hybridized carbons (Fsp3) is 0.385. The zero-order valence-electron chi connectivity index (χ0n) is 10.1. The predicted octanol–water partition coefficient (Wildman–Crippen LogP) is 2.66. The molecule has 0 radical (unpaired) electrons. The highest BCUT2D eigenvalue weighted by Gasteiger charge is 2.17. The first-order valence-electron chi connectivity index (χ1n) is 5.81. The number of carbonyl (C=O) groups is 2. The molecule has 1 unspecified atom stereocenters. The van der Waals surface area contributed by atoms with Crippen LogP contribution in [0, 0.1) is 3.57 Å². The summed E-state index contributed by atoms with van der Waals surface area (Å²) in [4.78, 5) is 22.7. The van der Waals surface area contributed by atoms with Gasteiger partial charge in [-0.3, -0.25) is 9.59 Å². The Morgan fingerprint density at radius 2 is 2.06 bits per heavy atom. The van der Waals surface area contributed by atoms with E-state index in [4.69, 9.17) is 5.11 Å². The molecular formula is C13H16INO3. The Morgan fingerprint density at radius 3 is 2.61 bits per heavy atom. The summed E-state index contributed by atoms with van der Waals surface area (Å²) in [5.41, 5.74) is 0.588. The lowest BCUT2D eigenvalue weighted by Gasteiger charge is -2.16. The predicted molar refractivity (Wildman–Crippen MR) is 77.6 cm³/mol. The second-order valence-corrected chi connectivity index (χ2v) is 5.20. The molecule has 98 valence electrons. The minimum atomic E-state index is -0.892. The van der Waals surface area contributed by atoms with E-state index in [9.17, 15) is 9.59 Å². The van der Waals surface area contributed by atoms with Gasteiger partial charge in [0, 0.05) is 9.61 Å². The van der Waals surface area contributed by atoms with Crippen LogP contribution in [0.4, 0.5) is 0 Å². The van der Waals surface area contributed by atoms with E-state index in [0.717, 1.165) is 9.99 Å². The lowest BCUT2D eigenvalue weighted by Crippen LogP contribution is -2.36. The summed E-state index contributed by atoms with van der Waals surface area (Å²) in [6.45, 7) is 1.97. The van der Waals surface area contributed by atoms with Gasteiger partial charge in [-0.1, -0.05) is 25.5 Å². The largest absolute Gasteiger partial charge is 0.481 e. The molecule has 0 saturated carbocycles. The van der Waals surface area contributed by atoms with Gasteiger partial charge < -0.3 is 10.4 Å². The van der Waals surface area contributed by atoms with Crippen molar-refractivity contribution in [3.63, 3.8) is 0 Å². The van der Waals surface area contributed by atoms with Crippen LogP contribution in [0.2, 0.25) is 0 Å². The average Bonchev–Trinajstić information content (AvgIpc) is 2.28. The van der Waals surface area contributed by atoms with Gasteiger partial charge in [-0.05, 0) is 41.1 Å². The highest BCUT2D eigenvalue weighted by Crippen LogP contribution is 2.12. The normalized spacial score (nSPS) is 11.9. The Bertz CT molecular complexity index is 434. The van der Waals surface area contributed by atoms with Crippen molar-refractivity contribution in [1.82, 2.24) is 5.32 Å². The maximum Gasteiger partial charge on any atom is 0.305 e. The van der Waals surface area contributed by atoms with E-state index in [-0.39, 0.29) is 18.4 Å². The third-order valence-electron chi connectivity index (χ3n) is 2.51. The van der Waals surface area contributed by atoms with Gasteiger partial charge in [0.2, 0.25) is 0 Å². The molecule has 1 aromatic rings. The Balaban J connectivity index is 2.72. The van der Waals surface area contributed by atoms with Crippen LogP contribution in [-0.2, 0) is 4.79 Å². The topological polar surface area (TPSA) is 66.4 Å². The molecule has 0 saturated heterocycles. The molecule has 0 heterocycles. The summed E-state index contributed by atoms with van der Waals surface area (Å²) >= 11 is 2.09. The highest BCUT2D eigenvalue weighted by molar-refractivity contribution is 14.1. The number of aliphatic carboxylic acids is 1. The minimum absolute atomic E-state index is 0.0387. The maximum atomic E-state index is 12.0. The fourth-order valence-electron chi connectivity index (χ4n) is 1.69. The zero-order chi connectivity index (χ0) is 13.5. The number of carbonyl (C=O) groups excluding carboxylic acids is 1. The molecule has 0 aliphatic carbocycles. The van der Waals surface area contributed by atoms with E-state index in [1.54, 1.807) is 12.1 Å². The molecule has 0 fully saturated rings. The summed E-state index contributed by atoms with van der Waals surface area (Å²) in [5.74, 6) is -1.10. The van der Waals surface area contributed by atoms with E-state index in [1.165, 1.54) is 0 Å². The maximum absolute atomic E-state index is 12.0. The van der Waals surface area contributed by atoms with Crippen LogP contribution >= 0.6 is 22.6 Å². The summed E-state index contributed by atoms with van der Waals surface area (Å²) in [6, 6.07) is 6.93. The summed E-state index contributed by atoms with van der Waals surface area (Å²) in [6.07, 6.45) is 1.47. The molecular weight excluding hydrogens is 345 g/mol. The Hall–Kier alpha value is -1.11. The standard InChI is InChI=1S/C13H16INO3/c1-2-5-9(8-12(16)17)15-13(18)10-6-3-4-7-11(10)14/h3-4,6-7,9H,2,5,8H2,1H3,(H,15,18)(H,16,17). The SMILES string of the molecule is CCCC(CC(=O)O)NC(=O)c1ccccc1I. The fourth-order valence-corrected chi connectivity index (χ4v) is 2.33. The van der Waals surface area contributed by atoms with Gasteiger partial charge in [0.15, 0.2) is 0 Å². The molecule has 1 rings (SSSR count). The first-order chi connectivity index (χ1) is 8.54. The summed E-state index contributed by atoms with van der Waals surface area (Å²) < 4.78 is 0.859. The van der Waals surface area contributed by atoms with Crippen molar-refractivity contribution < 1.29 is 14.7 Å². The van der Waals surface area contributed by atoms with E-state index in [1.807, 2.05) is 19.1 Å². The number of hydrogen-bond acceptors (Lipinski definition) is 2. The van der Waals surface area contributed by atoms with Crippen LogP contribution in [0.1, 0.15) is 36.5 Å². The molecule has 0 aromatic heterocycles. The van der Waals surface area contributed by atoms with Crippen LogP contribution in [-0.4, -0.2) is 23.0 Å². The van der Waals surface area contributed by atoms with E-state index >= 15 is 0 Å². The first-order valence-corrected chi connectivity index (χ1v) is 6.89. The van der Waals surface area contributed by atoms with Crippen LogP contribution in [0.25, 0.3) is 0 Å². The molecule has 1 aromatic carbocycles. The molecule has 4 nitrogen and oxygen atoms in total. The van der Waals surface area contributed by atoms with Gasteiger partial charge in [0.05, 0.1) is 12.0 Å². The van der Waals surface area contributed by atoms with E-state index < -0.39 is 5.97 Å². The number of carboxylic acids is 1. The molecule has 0 aliphatic heterocycles. The number of carboxylic acid groups (broad SMARTS) is 1. The Morgan fingerprint density at radius 1 is 1.39 bits per heavy atom. The van der Waals surface area contributed by atoms with Crippen molar-refractivity contribution in [2.75, 3.05) is 0 Å². The van der Waals surface area contributed by atoms with Crippen molar-refractivity contribution in [1.29, 1.82) is 0 Å². The molecule has 5 heteroatoms. The number of hydrogen-bond donors (Lipinski definition) is 2. The lowest BCUT2D eigenvalue weighted by molar-refractivity contribution is -0.137.